The number of amides is 1. The van der Waals surface area contributed by atoms with Gasteiger partial charge < -0.3 is 5.32 Å². The summed E-state index contributed by atoms with van der Waals surface area (Å²) in [5, 5.41) is 11.6. The number of para-hydroxylation sites is 1. The average Bonchev–Trinajstić information content (AvgIpc) is 2.98. The SMILES string of the molecule is Cc1nn(-c2ccccc2)nc1C(=O)NC(C)c1ccncc1. The minimum absolute atomic E-state index is 0.133. The molecule has 3 aromatic rings. The smallest absolute Gasteiger partial charge is 0.274 e. The number of aryl methyl sites for hydroxylation is 1. The highest BCUT2D eigenvalue weighted by atomic mass is 16.2. The lowest BCUT2D eigenvalue weighted by Gasteiger charge is -2.12. The highest BCUT2D eigenvalue weighted by Crippen LogP contribution is 2.13. The average molecular weight is 307 g/mol. The fourth-order valence-corrected chi connectivity index (χ4v) is 2.27. The number of pyridine rings is 1. The highest BCUT2D eigenvalue weighted by Gasteiger charge is 2.18. The summed E-state index contributed by atoms with van der Waals surface area (Å²) in [5.74, 6) is -0.242. The lowest BCUT2D eigenvalue weighted by atomic mass is 10.1. The van der Waals surface area contributed by atoms with E-state index in [4.69, 9.17) is 0 Å². The molecule has 2 aromatic heterocycles. The Morgan fingerprint density at radius 1 is 1.09 bits per heavy atom. The lowest BCUT2D eigenvalue weighted by Crippen LogP contribution is -2.27. The molecule has 0 spiro atoms. The van der Waals surface area contributed by atoms with Crippen LogP contribution in [0.15, 0.2) is 54.9 Å². The minimum Gasteiger partial charge on any atom is -0.344 e. The van der Waals surface area contributed by atoms with Crippen molar-refractivity contribution in [1.82, 2.24) is 25.3 Å². The fraction of sp³-hybridized carbons (Fsp3) is 0.176. The minimum atomic E-state index is -0.242. The van der Waals surface area contributed by atoms with Crippen LogP contribution in [0.3, 0.4) is 0 Å². The van der Waals surface area contributed by atoms with Gasteiger partial charge in [0.15, 0.2) is 5.69 Å². The first-order valence-corrected chi connectivity index (χ1v) is 7.35. The molecule has 2 heterocycles. The van der Waals surface area contributed by atoms with Crippen molar-refractivity contribution in [3.05, 3.63) is 71.8 Å². The van der Waals surface area contributed by atoms with Gasteiger partial charge in [-0.15, -0.1) is 5.10 Å². The summed E-state index contributed by atoms with van der Waals surface area (Å²) in [4.78, 5) is 17.9. The molecule has 1 amide bonds. The summed E-state index contributed by atoms with van der Waals surface area (Å²) >= 11 is 0. The van der Waals surface area contributed by atoms with Crippen LogP contribution in [0.5, 0.6) is 0 Å². The van der Waals surface area contributed by atoms with E-state index in [9.17, 15) is 4.79 Å². The Bertz CT molecular complexity index is 798. The topological polar surface area (TPSA) is 72.7 Å². The van der Waals surface area contributed by atoms with Crippen LogP contribution in [-0.4, -0.2) is 25.9 Å². The molecule has 1 atom stereocenters. The third-order valence-electron chi connectivity index (χ3n) is 3.54. The molecule has 0 fully saturated rings. The van der Waals surface area contributed by atoms with E-state index >= 15 is 0 Å². The maximum atomic E-state index is 12.5. The molecular weight excluding hydrogens is 290 g/mol. The van der Waals surface area contributed by atoms with Crippen LogP contribution in [-0.2, 0) is 0 Å². The van der Waals surface area contributed by atoms with Crippen LogP contribution < -0.4 is 5.32 Å². The summed E-state index contributed by atoms with van der Waals surface area (Å²) in [5.41, 5.74) is 2.72. The normalized spacial score (nSPS) is 11.9. The van der Waals surface area contributed by atoms with E-state index < -0.39 is 0 Å². The Morgan fingerprint density at radius 3 is 2.48 bits per heavy atom. The van der Waals surface area contributed by atoms with Crippen molar-refractivity contribution in [3.8, 4) is 5.69 Å². The lowest BCUT2D eigenvalue weighted by molar-refractivity contribution is 0.0934. The van der Waals surface area contributed by atoms with Gasteiger partial charge >= 0.3 is 0 Å². The number of aromatic nitrogens is 4. The standard InChI is InChI=1S/C17H17N5O/c1-12(14-8-10-18-11-9-14)19-17(23)16-13(2)20-22(21-16)15-6-4-3-5-7-15/h3-12H,1-2H3,(H,19,23). The monoisotopic (exact) mass is 307 g/mol. The van der Waals surface area contributed by atoms with E-state index in [1.807, 2.05) is 49.4 Å². The number of benzene rings is 1. The number of nitrogens with zero attached hydrogens (tertiary/aromatic N) is 4. The first-order chi connectivity index (χ1) is 11.1. The van der Waals surface area contributed by atoms with E-state index in [0.717, 1.165) is 11.3 Å². The highest BCUT2D eigenvalue weighted by molar-refractivity contribution is 5.93. The van der Waals surface area contributed by atoms with Gasteiger partial charge in [0.1, 0.15) is 0 Å². The molecule has 0 aliphatic rings. The number of carbonyl (C=O) groups excluding carboxylic acids is 1. The molecule has 23 heavy (non-hydrogen) atoms. The molecule has 1 unspecified atom stereocenters. The van der Waals surface area contributed by atoms with Gasteiger partial charge in [0.05, 0.1) is 17.4 Å². The van der Waals surface area contributed by atoms with Crippen molar-refractivity contribution in [2.75, 3.05) is 0 Å². The molecule has 0 saturated heterocycles. The van der Waals surface area contributed by atoms with E-state index in [2.05, 4.69) is 20.5 Å². The second-order valence-electron chi connectivity index (χ2n) is 5.23. The van der Waals surface area contributed by atoms with E-state index in [-0.39, 0.29) is 11.9 Å². The zero-order chi connectivity index (χ0) is 16.2. The van der Waals surface area contributed by atoms with Crippen LogP contribution in [0, 0.1) is 6.92 Å². The molecule has 0 bridgehead atoms. The van der Waals surface area contributed by atoms with Crippen molar-refractivity contribution in [1.29, 1.82) is 0 Å². The molecule has 1 N–H and O–H groups in total. The van der Waals surface area contributed by atoms with Crippen molar-refractivity contribution >= 4 is 5.91 Å². The number of nitrogens with one attached hydrogen (secondary N) is 1. The second kappa shape index (κ2) is 6.39. The first kappa shape index (κ1) is 14.9. The molecule has 116 valence electrons. The van der Waals surface area contributed by atoms with Crippen molar-refractivity contribution in [2.24, 2.45) is 0 Å². The zero-order valence-electron chi connectivity index (χ0n) is 13.0. The molecule has 0 saturated carbocycles. The Hall–Kier alpha value is -3.02. The quantitative estimate of drug-likeness (QED) is 0.803. The van der Waals surface area contributed by atoms with Crippen molar-refractivity contribution in [3.63, 3.8) is 0 Å². The third kappa shape index (κ3) is 3.26. The zero-order valence-corrected chi connectivity index (χ0v) is 13.0. The van der Waals surface area contributed by atoms with Crippen LogP contribution >= 0.6 is 0 Å². The largest absolute Gasteiger partial charge is 0.344 e. The Kier molecular flexibility index (Phi) is 4.14. The van der Waals surface area contributed by atoms with Crippen LogP contribution in [0.25, 0.3) is 5.69 Å². The van der Waals surface area contributed by atoms with Crippen molar-refractivity contribution < 1.29 is 4.79 Å². The van der Waals surface area contributed by atoms with Gasteiger partial charge in [0.2, 0.25) is 0 Å². The molecule has 0 radical (unpaired) electrons. The fourth-order valence-electron chi connectivity index (χ4n) is 2.27. The van der Waals surface area contributed by atoms with Crippen LogP contribution in [0.4, 0.5) is 0 Å². The maximum absolute atomic E-state index is 12.5. The van der Waals surface area contributed by atoms with E-state index in [1.54, 1.807) is 19.3 Å². The summed E-state index contributed by atoms with van der Waals surface area (Å²) in [6, 6.07) is 13.1. The molecular formula is C17H17N5O. The van der Waals surface area contributed by atoms with E-state index in [0.29, 0.717) is 11.4 Å². The van der Waals surface area contributed by atoms with Gasteiger partial charge in [-0.1, -0.05) is 18.2 Å². The number of hydrogen-bond acceptors (Lipinski definition) is 4. The van der Waals surface area contributed by atoms with Gasteiger partial charge in [-0.3, -0.25) is 9.78 Å². The van der Waals surface area contributed by atoms with Gasteiger partial charge in [-0.25, -0.2) is 0 Å². The van der Waals surface area contributed by atoms with Gasteiger partial charge in [0, 0.05) is 12.4 Å². The first-order valence-electron chi connectivity index (χ1n) is 7.35. The third-order valence-corrected chi connectivity index (χ3v) is 3.54. The molecule has 6 nitrogen and oxygen atoms in total. The summed E-state index contributed by atoms with van der Waals surface area (Å²) in [7, 11) is 0. The molecule has 0 aliphatic carbocycles. The molecule has 1 aromatic carbocycles. The predicted molar refractivity (Wildman–Crippen MR) is 86.2 cm³/mol. The van der Waals surface area contributed by atoms with E-state index in [1.165, 1.54) is 4.80 Å². The predicted octanol–water partition coefficient (Wildman–Crippen LogP) is 2.46. The molecule has 6 heteroatoms. The molecule has 0 aliphatic heterocycles. The maximum Gasteiger partial charge on any atom is 0.274 e. The number of carbonyl (C=O) groups is 1. The summed E-state index contributed by atoms with van der Waals surface area (Å²) in [6.07, 6.45) is 3.41. The summed E-state index contributed by atoms with van der Waals surface area (Å²) in [6.45, 7) is 3.70. The summed E-state index contributed by atoms with van der Waals surface area (Å²) < 4.78 is 0. The number of hydrogen-bond donors (Lipinski definition) is 1. The van der Waals surface area contributed by atoms with Gasteiger partial charge in [-0.2, -0.15) is 9.90 Å². The Balaban J connectivity index is 1.79. The second-order valence-corrected chi connectivity index (χ2v) is 5.23. The van der Waals surface area contributed by atoms with Gasteiger partial charge in [-0.05, 0) is 43.7 Å². The Labute approximate surface area is 134 Å². The van der Waals surface area contributed by atoms with Crippen LogP contribution in [0.1, 0.15) is 34.7 Å². The van der Waals surface area contributed by atoms with Crippen molar-refractivity contribution in [2.45, 2.75) is 19.9 Å². The number of rotatable bonds is 4. The van der Waals surface area contributed by atoms with Gasteiger partial charge in [0.25, 0.3) is 5.91 Å². The Morgan fingerprint density at radius 2 is 1.78 bits per heavy atom. The van der Waals surface area contributed by atoms with Crippen LogP contribution in [0.2, 0.25) is 0 Å². The molecule has 3 rings (SSSR count).